The largest absolute Gasteiger partial charge is 0.486 e. The Balaban J connectivity index is 1.35. The van der Waals surface area contributed by atoms with Crippen molar-refractivity contribution in [2.75, 3.05) is 31.5 Å². The number of carbonyl (C=O) groups is 1. The molecule has 0 unspecified atom stereocenters. The first-order valence-corrected chi connectivity index (χ1v) is 10.4. The summed E-state index contributed by atoms with van der Waals surface area (Å²) in [6.07, 6.45) is 0. The van der Waals surface area contributed by atoms with Gasteiger partial charge >= 0.3 is 0 Å². The highest BCUT2D eigenvalue weighted by Gasteiger charge is 2.21. The number of hydrogen-bond donors (Lipinski definition) is 0. The van der Waals surface area contributed by atoms with Gasteiger partial charge < -0.3 is 28.6 Å². The molecule has 0 N–H and O–H groups in total. The van der Waals surface area contributed by atoms with Crippen LogP contribution >= 0.6 is 11.3 Å². The Bertz CT molecular complexity index is 1050. The topological polar surface area (TPSA) is 66.5 Å². The third-order valence-corrected chi connectivity index (χ3v) is 5.60. The number of thiophene rings is 1. The normalized spacial score (nSPS) is 13.7. The summed E-state index contributed by atoms with van der Waals surface area (Å²) in [5.41, 5.74) is 0.729. The number of anilines is 1. The second kappa shape index (κ2) is 8.16. The number of ether oxygens (including phenoxy) is 5. The van der Waals surface area contributed by atoms with Gasteiger partial charge in [-0.3, -0.25) is 4.79 Å². The summed E-state index contributed by atoms with van der Waals surface area (Å²) in [7, 11) is 0. The molecule has 0 saturated heterocycles. The predicted octanol–water partition coefficient (Wildman–Crippen LogP) is 3.86. The van der Waals surface area contributed by atoms with Crippen molar-refractivity contribution in [1.82, 2.24) is 0 Å². The molecular formula is C22H19NO6S. The van der Waals surface area contributed by atoms with Crippen LogP contribution in [0.25, 0.3) is 0 Å². The van der Waals surface area contributed by atoms with E-state index in [1.54, 1.807) is 34.4 Å². The van der Waals surface area contributed by atoms with E-state index in [-0.39, 0.29) is 19.3 Å². The maximum atomic E-state index is 13.1. The van der Waals surface area contributed by atoms with Crippen LogP contribution in [-0.4, -0.2) is 32.5 Å². The Morgan fingerprint density at radius 2 is 1.70 bits per heavy atom. The van der Waals surface area contributed by atoms with E-state index in [0.29, 0.717) is 48.5 Å². The molecule has 0 aliphatic carbocycles. The van der Waals surface area contributed by atoms with Gasteiger partial charge in [-0.2, -0.15) is 0 Å². The Kier molecular flexibility index (Phi) is 5.06. The maximum absolute atomic E-state index is 13.1. The van der Waals surface area contributed by atoms with Crippen LogP contribution in [0.2, 0.25) is 0 Å². The molecule has 2 aliphatic heterocycles. The highest BCUT2D eigenvalue weighted by molar-refractivity contribution is 7.09. The van der Waals surface area contributed by atoms with E-state index in [0.717, 1.165) is 10.6 Å². The Morgan fingerprint density at radius 1 is 0.933 bits per heavy atom. The molecule has 0 bridgehead atoms. The minimum atomic E-state index is -0.169. The zero-order chi connectivity index (χ0) is 20.3. The van der Waals surface area contributed by atoms with Crippen molar-refractivity contribution in [2.45, 2.75) is 6.54 Å². The van der Waals surface area contributed by atoms with Crippen molar-refractivity contribution < 1.29 is 28.5 Å². The summed E-state index contributed by atoms with van der Waals surface area (Å²) >= 11 is 1.60. The molecule has 8 heteroatoms. The second-order valence-electron chi connectivity index (χ2n) is 6.69. The first-order chi connectivity index (χ1) is 14.8. The van der Waals surface area contributed by atoms with E-state index in [2.05, 4.69) is 0 Å². The van der Waals surface area contributed by atoms with Crippen LogP contribution in [0.3, 0.4) is 0 Å². The average molecular weight is 425 g/mol. The molecule has 2 aromatic carbocycles. The van der Waals surface area contributed by atoms with Gasteiger partial charge in [0.05, 0.1) is 6.54 Å². The number of carbonyl (C=O) groups excluding carboxylic acids is 1. The molecular weight excluding hydrogens is 406 g/mol. The fraction of sp³-hybridized carbons (Fsp3) is 0.227. The van der Waals surface area contributed by atoms with Crippen LogP contribution in [0.4, 0.5) is 5.69 Å². The predicted molar refractivity (Wildman–Crippen MR) is 111 cm³/mol. The fourth-order valence-electron chi connectivity index (χ4n) is 3.27. The molecule has 1 aromatic heterocycles. The minimum absolute atomic E-state index is 0.112. The summed E-state index contributed by atoms with van der Waals surface area (Å²) in [5.74, 6) is 2.99. The van der Waals surface area contributed by atoms with Gasteiger partial charge in [0, 0.05) is 22.7 Å². The summed E-state index contributed by atoms with van der Waals surface area (Å²) in [6, 6.07) is 14.7. The van der Waals surface area contributed by atoms with Gasteiger partial charge in [-0.15, -0.1) is 11.3 Å². The Hall–Kier alpha value is -3.39. The molecule has 7 nitrogen and oxygen atoms in total. The summed E-state index contributed by atoms with van der Waals surface area (Å²) in [6.45, 7) is 1.53. The lowest BCUT2D eigenvalue weighted by Gasteiger charge is -2.25. The zero-order valence-electron chi connectivity index (χ0n) is 16.0. The summed E-state index contributed by atoms with van der Waals surface area (Å²) in [5, 5.41) is 1.99. The fourth-order valence-corrected chi connectivity index (χ4v) is 3.96. The molecule has 154 valence electrons. The van der Waals surface area contributed by atoms with Gasteiger partial charge in [-0.1, -0.05) is 6.07 Å². The van der Waals surface area contributed by atoms with Crippen LogP contribution in [0, 0.1) is 0 Å². The van der Waals surface area contributed by atoms with Crippen LogP contribution < -0.4 is 28.6 Å². The van der Waals surface area contributed by atoms with Gasteiger partial charge in [0.15, 0.2) is 29.6 Å². The highest BCUT2D eigenvalue weighted by atomic mass is 32.1. The van der Waals surface area contributed by atoms with Crippen molar-refractivity contribution in [2.24, 2.45) is 0 Å². The van der Waals surface area contributed by atoms with Crippen molar-refractivity contribution in [3.05, 3.63) is 58.8 Å². The molecule has 5 rings (SSSR count). The van der Waals surface area contributed by atoms with Crippen molar-refractivity contribution in [3.8, 4) is 28.7 Å². The van der Waals surface area contributed by atoms with Crippen molar-refractivity contribution in [3.63, 3.8) is 0 Å². The van der Waals surface area contributed by atoms with E-state index in [9.17, 15) is 4.79 Å². The summed E-state index contributed by atoms with van der Waals surface area (Å²) < 4.78 is 27.7. The molecule has 0 radical (unpaired) electrons. The quantitative estimate of drug-likeness (QED) is 0.598. The molecule has 3 heterocycles. The van der Waals surface area contributed by atoms with Crippen molar-refractivity contribution in [1.29, 1.82) is 0 Å². The number of benzene rings is 2. The molecule has 1 amide bonds. The van der Waals surface area contributed by atoms with Crippen LogP contribution in [0.15, 0.2) is 53.9 Å². The van der Waals surface area contributed by atoms with Gasteiger partial charge in [0.1, 0.15) is 19.0 Å². The average Bonchev–Trinajstić information content (AvgIpc) is 3.47. The highest BCUT2D eigenvalue weighted by Crippen LogP contribution is 2.36. The van der Waals surface area contributed by atoms with Gasteiger partial charge in [-0.25, -0.2) is 0 Å². The van der Waals surface area contributed by atoms with E-state index in [1.165, 1.54) is 0 Å². The second-order valence-corrected chi connectivity index (χ2v) is 7.72. The van der Waals surface area contributed by atoms with E-state index in [4.69, 9.17) is 23.7 Å². The molecule has 0 fully saturated rings. The Labute approximate surface area is 177 Å². The first kappa shape index (κ1) is 18.6. The lowest BCUT2D eigenvalue weighted by molar-refractivity contribution is -0.120. The minimum Gasteiger partial charge on any atom is -0.486 e. The zero-order valence-corrected chi connectivity index (χ0v) is 16.9. The maximum Gasteiger partial charge on any atom is 0.265 e. The first-order valence-electron chi connectivity index (χ1n) is 9.51. The lowest BCUT2D eigenvalue weighted by Crippen LogP contribution is -2.34. The number of hydrogen-bond acceptors (Lipinski definition) is 7. The van der Waals surface area contributed by atoms with Crippen LogP contribution in [-0.2, 0) is 11.3 Å². The number of rotatable bonds is 6. The number of amides is 1. The SMILES string of the molecule is O=C(COc1ccc2c(c1)OCO2)N(Cc1cccs1)c1ccc2c(c1)OCCO2. The monoisotopic (exact) mass is 425 g/mol. The van der Waals surface area contributed by atoms with E-state index in [1.807, 2.05) is 35.7 Å². The number of nitrogens with zero attached hydrogens (tertiary/aromatic N) is 1. The molecule has 2 aliphatic rings. The van der Waals surface area contributed by atoms with Crippen LogP contribution in [0.5, 0.6) is 28.7 Å². The smallest absolute Gasteiger partial charge is 0.265 e. The van der Waals surface area contributed by atoms with E-state index >= 15 is 0 Å². The Morgan fingerprint density at radius 3 is 2.57 bits per heavy atom. The van der Waals surface area contributed by atoms with Crippen molar-refractivity contribution >= 4 is 22.9 Å². The number of fused-ring (bicyclic) bond motifs is 2. The van der Waals surface area contributed by atoms with E-state index < -0.39 is 0 Å². The standard InChI is InChI=1S/C22H19NO6S/c24-22(13-27-16-4-6-19-21(11-16)29-14-28-19)23(12-17-2-1-9-30-17)15-3-5-18-20(10-15)26-8-7-25-18/h1-6,9-11H,7-8,12-14H2. The van der Waals surface area contributed by atoms with Gasteiger partial charge in [-0.05, 0) is 35.7 Å². The molecule has 0 atom stereocenters. The molecule has 0 saturated carbocycles. The third-order valence-electron chi connectivity index (χ3n) is 4.74. The lowest BCUT2D eigenvalue weighted by atomic mass is 10.2. The van der Waals surface area contributed by atoms with Gasteiger partial charge in [0.2, 0.25) is 6.79 Å². The summed E-state index contributed by atoms with van der Waals surface area (Å²) in [4.78, 5) is 15.9. The third kappa shape index (κ3) is 3.86. The molecule has 0 spiro atoms. The molecule has 3 aromatic rings. The van der Waals surface area contributed by atoms with Crippen LogP contribution in [0.1, 0.15) is 4.88 Å². The molecule has 30 heavy (non-hydrogen) atoms. The van der Waals surface area contributed by atoms with Gasteiger partial charge in [0.25, 0.3) is 5.91 Å².